The molecule has 2 heterocycles. The molecule has 0 spiro atoms. The zero-order valence-corrected chi connectivity index (χ0v) is 15.5. The van der Waals surface area contributed by atoms with Crippen molar-refractivity contribution >= 4 is 23.4 Å². The largest absolute Gasteiger partial charge is 0.337 e. The van der Waals surface area contributed by atoms with Crippen LogP contribution < -0.4 is 0 Å². The SMILES string of the molecule is CN1CCCN(C(=O)c2ccc(Sc3nncn3C)c([N+](=O)[O-])c2)CC1. The van der Waals surface area contributed by atoms with Gasteiger partial charge in [-0.15, -0.1) is 10.2 Å². The van der Waals surface area contributed by atoms with Crippen molar-refractivity contribution in [3.8, 4) is 0 Å². The topological polar surface area (TPSA) is 97.4 Å². The molecule has 1 aliphatic heterocycles. The zero-order chi connectivity index (χ0) is 18.7. The summed E-state index contributed by atoms with van der Waals surface area (Å²) in [6.07, 6.45) is 2.42. The quantitative estimate of drug-likeness (QED) is 0.591. The average molecular weight is 376 g/mol. The van der Waals surface area contributed by atoms with E-state index in [4.69, 9.17) is 0 Å². The molecule has 1 aromatic carbocycles. The van der Waals surface area contributed by atoms with Gasteiger partial charge in [-0.25, -0.2) is 0 Å². The molecule has 0 aliphatic carbocycles. The fraction of sp³-hybridized carbons (Fsp3) is 0.438. The second-order valence-corrected chi connectivity index (χ2v) is 7.22. The predicted molar refractivity (Wildman–Crippen MR) is 96.2 cm³/mol. The van der Waals surface area contributed by atoms with Crippen LogP contribution in [0.15, 0.2) is 34.6 Å². The molecule has 0 N–H and O–H groups in total. The maximum Gasteiger partial charge on any atom is 0.284 e. The Labute approximate surface area is 155 Å². The number of nitro groups is 1. The maximum absolute atomic E-state index is 12.8. The van der Waals surface area contributed by atoms with Crippen LogP contribution in [0.2, 0.25) is 0 Å². The molecule has 9 nitrogen and oxygen atoms in total. The lowest BCUT2D eigenvalue weighted by atomic mass is 10.1. The van der Waals surface area contributed by atoms with E-state index in [1.807, 2.05) is 7.05 Å². The Balaban J connectivity index is 1.85. The van der Waals surface area contributed by atoms with E-state index < -0.39 is 4.92 Å². The Kier molecular flexibility index (Phi) is 5.52. The lowest BCUT2D eigenvalue weighted by Gasteiger charge is -2.20. The summed E-state index contributed by atoms with van der Waals surface area (Å²) in [6.45, 7) is 3.02. The third kappa shape index (κ3) is 4.02. The Hall–Kier alpha value is -2.46. The van der Waals surface area contributed by atoms with Gasteiger partial charge in [-0.1, -0.05) is 0 Å². The fourth-order valence-electron chi connectivity index (χ4n) is 2.77. The van der Waals surface area contributed by atoms with Gasteiger partial charge in [0, 0.05) is 38.3 Å². The molecule has 0 atom stereocenters. The standard InChI is InChI=1S/C16H20N6O3S/c1-19-6-3-7-21(9-8-19)15(23)12-4-5-14(13(10-12)22(24)25)26-16-18-17-11-20(16)2/h4-5,10-11H,3,6-9H2,1-2H3. The lowest BCUT2D eigenvalue weighted by molar-refractivity contribution is -0.387. The molecule has 1 saturated heterocycles. The number of nitro benzene ring substituents is 1. The second kappa shape index (κ2) is 7.83. The molecule has 0 unspecified atom stereocenters. The van der Waals surface area contributed by atoms with Gasteiger partial charge < -0.3 is 14.4 Å². The highest BCUT2D eigenvalue weighted by molar-refractivity contribution is 7.99. The van der Waals surface area contributed by atoms with E-state index >= 15 is 0 Å². The van der Waals surface area contributed by atoms with E-state index in [0.717, 1.165) is 31.3 Å². The van der Waals surface area contributed by atoms with Crippen LogP contribution in [-0.2, 0) is 7.05 Å². The molecule has 3 rings (SSSR count). The molecular weight excluding hydrogens is 356 g/mol. The summed E-state index contributed by atoms with van der Waals surface area (Å²) >= 11 is 1.15. The number of hydrogen-bond donors (Lipinski definition) is 0. The van der Waals surface area contributed by atoms with Crippen LogP contribution in [0.4, 0.5) is 5.69 Å². The summed E-state index contributed by atoms with van der Waals surface area (Å²) in [7, 11) is 3.79. The molecule has 0 bridgehead atoms. The molecule has 1 aliphatic rings. The Morgan fingerprint density at radius 3 is 2.73 bits per heavy atom. The van der Waals surface area contributed by atoms with E-state index in [-0.39, 0.29) is 11.6 Å². The Morgan fingerprint density at radius 1 is 1.23 bits per heavy atom. The second-order valence-electron chi connectivity index (χ2n) is 6.22. The minimum absolute atomic E-state index is 0.101. The number of hydrogen-bond acceptors (Lipinski definition) is 7. The Bertz CT molecular complexity index is 824. The van der Waals surface area contributed by atoms with Crippen molar-refractivity contribution in [3.05, 3.63) is 40.2 Å². The number of aromatic nitrogens is 3. The monoisotopic (exact) mass is 376 g/mol. The molecule has 2 aromatic rings. The lowest BCUT2D eigenvalue weighted by Crippen LogP contribution is -2.34. The minimum Gasteiger partial charge on any atom is -0.337 e. The first-order chi connectivity index (χ1) is 12.5. The third-order valence-corrected chi connectivity index (χ3v) is 5.40. The number of rotatable bonds is 4. The average Bonchev–Trinajstić information content (AvgIpc) is 2.89. The van der Waals surface area contributed by atoms with Crippen LogP contribution in [0.3, 0.4) is 0 Å². The summed E-state index contributed by atoms with van der Waals surface area (Å²) in [5, 5.41) is 19.8. The third-order valence-electron chi connectivity index (χ3n) is 4.28. The van der Waals surface area contributed by atoms with Crippen LogP contribution in [0.25, 0.3) is 0 Å². The zero-order valence-electron chi connectivity index (χ0n) is 14.7. The predicted octanol–water partition coefficient (Wildman–Crippen LogP) is 1.65. The van der Waals surface area contributed by atoms with Crippen LogP contribution >= 0.6 is 11.8 Å². The molecule has 138 valence electrons. The van der Waals surface area contributed by atoms with Crippen molar-refractivity contribution in [3.63, 3.8) is 0 Å². The molecule has 1 amide bonds. The van der Waals surface area contributed by atoms with Crippen molar-refractivity contribution in [2.45, 2.75) is 16.5 Å². The summed E-state index contributed by atoms with van der Waals surface area (Å²) in [5.74, 6) is -0.168. The first-order valence-electron chi connectivity index (χ1n) is 8.24. The number of carbonyl (C=O) groups excluding carboxylic acids is 1. The highest BCUT2D eigenvalue weighted by atomic mass is 32.2. The van der Waals surface area contributed by atoms with Gasteiger partial charge in [-0.05, 0) is 43.9 Å². The van der Waals surface area contributed by atoms with E-state index in [2.05, 4.69) is 15.1 Å². The van der Waals surface area contributed by atoms with Crippen molar-refractivity contribution in [2.75, 3.05) is 33.2 Å². The van der Waals surface area contributed by atoms with Gasteiger partial charge in [-0.2, -0.15) is 0 Å². The summed E-state index contributed by atoms with van der Waals surface area (Å²) < 4.78 is 1.68. The van der Waals surface area contributed by atoms with Gasteiger partial charge in [0.25, 0.3) is 11.6 Å². The van der Waals surface area contributed by atoms with Crippen molar-refractivity contribution < 1.29 is 9.72 Å². The Morgan fingerprint density at radius 2 is 2.04 bits per heavy atom. The van der Waals surface area contributed by atoms with Crippen LogP contribution in [0.5, 0.6) is 0 Å². The first-order valence-corrected chi connectivity index (χ1v) is 9.05. The molecular formula is C16H20N6O3S. The number of amides is 1. The highest BCUT2D eigenvalue weighted by Gasteiger charge is 2.23. The summed E-state index contributed by atoms with van der Waals surface area (Å²) in [4.78, 5) is 28.2. The molecule has 26 heavy (non-hydrogen) atoms. The number of likely N-dealkylation sites (N-methyl/N-ethyl adjacent to an activating group) is 1. The maximum atomic E-state index is 12.8. The minimum atomic E-state index is -0.467. The van der Waals surface area contributed by atoms with Gasteiger partial charge in [0.2, 0.25) is 0 Å². The summed E-state index contributed by atoms with van der Waals surface area (Å²) in [6, 6.07) is 4.60. The molecule has 1 fully saturated rings. The van der Waals surface area contributed by atoms with Crippen LogP contribution in [-0.4, -0.2) is 68.6 Å². The van der Waals surface area contributed by atoms with Crippen LogP contribution in [0.1, 0.15) is 16.8 Å². The van der Waals surface area contributed by atoms with E-state index in [9.17, 15) is 14.9 Å². The fourth-order valence-corrected chi connectivity index (χ4v) is 3.62. The number of nitrogens with zero attached hydrogens (tertiary/aromatic N) is 6. The van der Waals surface area contributed by atoms with Gasteiger partial charge in [-0.3, -0.25) is 14.9 Å². The van der Waals surface area contributed by atoms with Gasteiger partial charge in [0.15, 0.2) is 5.16 Å². The van der Waals surface area contributed by atoms with Gasteiger partial charge >= 0.3 is 0 Å². The van der Waals surface area contributed by atoms with E-state index in [1.54, 1.807) is 28.6 Å². The number of benzene rings is 1. The van der Waals surface area contributed by atoms with Crippen molar-refractivity contribution in [2.24, 2.45) is 7.05 Å². The molecule has 10 heteroatoms. The molecule has 0 saturated carbocycles. The smallest absolute Gasteiger partial charge is 0.284 e. The molecule has 1 aromatic heterocycles. The number of carbonyl (C=O) groups is 1. The van der Waals surface area contributed by atoms with Gasteiger partial charge in [0.05, 0.1) is 9.82 Å². The van der Waals surface area contributed by atoms with E-state index in [0.29, 0.717) is 28.7 Å². The molecule has 0 radical (unpaired) electrons. The first kappa shape index (κ1) is 18.3. The van der Waals surface area contributed by atoms with Gasteiger partial charge in [0.1, 0.15) is 6.33 Å². The van der Waals surface area contributed by atoms with E-state index in [1.165, 1.54) is 12.4 Å². The van der Waals surface area contributed by atoms with Crippen molar-refractivity contribution in [1.29, 1.82) is 0 Å². The normalized spacial score (nSPS) is 15.7. The number of aryl methyl sites for hydroxylation is 1. The summed E-state index contributed by atoms with van der Waals surface area (Å²) in [5.41, 5.74) is 0.236. The van der Waals surface area contributed by atoms with Crippen molar-refractivity contribution in [1.82, 2.24) is 24.6 Å². The highest BCUT2D eigenvalue weighted by Crippen LogP contribution is 2.34. The van der Waals surface area contributed by atoms with Crippen LogP contribution in [0, 0.1) is 10.1 Å².